The molecule has 0 saturated carbocycles. The molecular formula is C20H20N2O4S2. The number of hydrogen-bond acceptors (Lipinski definition) is 7. The maximum absolute atomic E-state index is 12.8. The van der Waals surface area contributed by atoms with Crippen LogP contribution in [0.25, 0.3) is 10.2 Å². The third-order valence-corrected chi connectivity index (χ3v) is 6.16. The number of hydrogen-bond donors (Lipinski definition) is 0. The van der Waals surface area contributed by atoms with Crippen molar-refractivity contribution in [2.75, 3.05) is 20.0 Å². The van der Waals surface area contributed by atoms with Crippen LogP contribution in [0.15, 0.2) is 46.2 Å². The van der Waals surface area contributed by atoms with E-state index in [9.17, 15) is 9.59 Å². The molecule has 28 heavy (non-hydrogen) atoms. The number of ether oxygens (including phenoxy) is 2. The number of methoxy groups -OCH3 is 2. The van der Waals surface area contributed by atoms with Crippen molar-refractivity contribution in [1.29, 1.82) is 0 Å². The van der Waals surface area contributed by atoms with E-state index in [1.54, 1.807) is 36.0 Å². The molecule has 0 aliphatic heterocycles. The van der Waals surface area contributed by atoms with Crippen molar-refractivity contribution in [3.8, 4) is 11.5 Å². The highest BCUT2D eigenvalue weighted by molar-refractivity contribution is 7.99. The molecule has 3 aromatic rings. The van der Waals surface area contributed by atoms with Crippen LogP contribution in [0.4, 0.5) is 0 Å². The van der Waals surface area contributed by atoms with Crippen LogP contribution in [0.2, 0.25) is 0 Å². The molecule has 8 heteroatoms. The molecule has 6 nitrogen and oxygen atoms in total. The molecule has 0 fully saturated rings. The second-order valence-electron chi connectivity index (χ2n) is 5.98. The van der Waals surface area contributed by atoms with Gasteiger partial charge in [0.15, 0.2) is 22.4 Å². The number of thiophene rings is 1. The Balaban J connectivity index is 1.89. The minimum Gasteiger partial charge on any atom is -0.493 e. The van der Waals surface area contributed by atoms with Crippen molar-refractivity contribution in [2.24, 2.45) is 0 Å². The van der Waals surface area contributed by atoms with E-state index in [0.29, 0.717) is 39.0 Å². The lowest BCUT2D eigenvalue weighted by Gasteiger charge is -2.11. The summed E-state index contributed by atoms with van der Waals surface area (Å²) < 4.78 is 12.0. The molecule has 2 aromatic heterocycles. The highest BCUT2D eigenvalue weighted by Gasteiger charge is 2.17. The first-order valence-corrected chi connectivity index (χ1v) is 10.3. The van der Waals surface area contributed by atoms with Crippen LogP contribution in [-0.4, -0.2) is 35.3 Å². The number of aryl methyl sites for hydroxylation is 1. The van der Waals surface area contributed by atoms with Gasteiger partial charge in [-0.15, -0.1) is 17.9 Å². The van der Waals surface area contributed by atoms with E-state index in [2.05, 4.69) is 11.6 Å². The Kier molecular flexibility index (Phi) is 6.21. The molecule has 146 valence electrons. The standard InChI is InChI=1S/C20H20N2O4S2/c1-5-8-22-19(24)17-12(2)10-27-18(17)21-20(22)28-11-14(23)13-6-7-15(25-3)16(9-13)26-4/h5-7,9-10H,1,8,11H2,2-4H3. The second kappa shape index (κ2) is 8.62. The monoisotopic (exact) mass is 416 g/mol. The zero-order valence-corrected chi connectivity index (χ0v) is 17.5. The quantitative estimate of drug-likeness (QED) is 0.240. The van der Waals surface area contributed by atoms with Crippen molar-refractivity contribution in [2.45, 2.75) is 18.6 Å². The Morgan fingerprint density at radius 2 is 2.07 bits per heavy atom. The molecule has 1 aromatic carbocycles. The van der Waals surface area contributed by atoms with Crippen LogP contribution in [-0.2, 0) is 6.54 Å². The summed E-state index contributed by atoms with van der Waals surface area (Å²) in [6, 6.07) is 5.04. The van der Waals surface area contributed by atoms with Crippen molar-refractivity contribution >= 4 is 39.1 Å². The first kappa shape index (κ1) is 20.2. The lowest BCUT2D eigenvalue weighted by atomic mass is 10.1. The molecule has 0 bridgehead atoms. The Bertz CT molecular complexity index is 1100. The summed E-state index contributed by atoms with van der Waals surface area (Å²) in [5, 5.41) is 3.05. The van der Waals surface area contributed by atoms with Gasteiger partial charge in [0.1, 0.15) is 4.83 Å². The van der Waals surface area contributed by atoms with Crippen LogP contribution in [0, 0.1) is 6.92 Å². The van der Waals surface area contributed by atoms with Gasteiger partial charge in [0, 0.05) is 12.1 Å². The van der Waals surface area contributed by atoms with Gasteiger partial charge in [-0.1, -0.05) is 17.8 Å². The number of nitrogens with zero attached hydrogens (tertiary/aromatic N) is 2. The second-order valence-corrected chi connectivity index (χ2v) is 7.78. The van der Waals surface area contributed by atoms with E-state index >= 15 is 0 Å². The molecule has 0 saturated heterocycles. The summed E-state index contributed by atoms with van der Waals surface area (Å²) in [5.74, 6) is 1.12. The first-order valence-electron chi connectivity index (χ1n) is 8.47. The number of carbonyl (C=O) groups is 1. The SMILES string of the molecule is C=CCn1c(SCC(=O)c2ccc(OC)c(OC)c2)nc2scc(C)c2c1=O. The minimum absolute atomic E-state index is 0.0900. The van der Waals surface area contributed by atoms with E-state index in [1.807, 2.05) is 12.3 Å². The summed E-state index contributed by atoms with van der Waals surface area (Å²) >= 11 is 2.67. The van der Waals surface area contributed by atoms with Gasteiger partial charge >= 0.3 is 0 Å². The van der Waals surface area contributed by atoms with Gasteiger partial charge in [0.25, 0.3) is 5.56 Å². The molecule has 0 radical (unpaired) electrons. The van der Waals surface area contributed by atoms with Gasteiger partial charge in [0.2, 0.25) is 0 Å². The van der Waals surface area contributed by atoms with Gasteiger partial charge in [-0.3, -0.25) is 14.2 Å². The molecule has 0 spiro atoms. The summed E-state index contributed by atoms with van der Waals surface area (Å²) in [4.78, 5) is 30.8. The fourth-order valence-corrected chi connectivity index (χ4v) is 4.63. The van der Waals surface area contributed by atoms with Crippen molar-refractivity contribution < 1.29 is 14.3 Å². The number of allylic oxidation sites excluding steroid dienone is 1. The predicted molar refractivity (Wildman–Crippen MR) is 113 cm³/mol. The molecule has 0 atom stereocenters. The van der Waals surface area contributed by atoms with E-state index in [1.165, 1.54) is 30.2 Å². The first-order chi connectivity index (χ1) is 13.5. The molecule has 0 aliphatic rings. The molecule has 0 amide bonds. The van der Waals surface area contributed by atoms with E-state index < -0.39 is 0 Å². The lowest BCUT2D eigenvalue weighted by Crippen LogP contribution is -2.23. The topological polar surface area (TPSA) is 70.4 Å². The Morgan fingerprint density at radius 1 is 1.32 bits per heavy atom. The van der Waals surface area contributed by atoms with Gasteiger partial charge in [-0.05, 0) is 36.1 Å². The van der Waals surface area contributed by atoms with E-state index in [0.717, 1.165) is 5.56 Å². The average molecular weight is 417 g/mol. The van der Waals surface area contributed by atoms with Gasteiger partial charge in [0.05, 0.1) is 25.4 Å². The lowest BCUT2D eigenvalue weighted by molar-refractivity contribution is 0.102. The summed E-state index contributed by atoms with van der Waals surface area (Å²) in [6.45, 7) is 5.95. The molecule has 0 unspecified atom stereocenters. The minimum atomic E-state index is -0.107. The molecule has 0 N–H and O–H groups in total. The summed E-state index contributed by atoms with van der Waals surface area (Å²) in [5.41, 5.74) is 1.31. The predicted octanol–water partition coefficient (Wildman–Crippen LogP) is 3.94. The highest BCUT2D eigenvalue weighted by Crippen LogP contribution is 2.29. The number of benzene rings is 1. The van der Waals surface area contributed by atoms with Crippen LogP contribution in [0.1, 0.15) is 15.9 Å². The highest BCUT2D eigenvalue weighted by atomic mass is 32.2. The smallest absolute Gasteiger partial charge is 0.263 e. The van der Waals surface area contributed by atoms with E-state index in [4.69, 9.17) is 9.47 Å². The van der Waals surface area contributed by atoms with Crippen LogP contribution in [0.3, 0.4) is 0 Å². The van der Waals surface area contributed by atoms with Crippen LogP contribution >= 0.6 is 23.1 Å². The Hall–Kier alpha value is -2.58. The maximum Gasteiger partial charge on any atom is 0.263 e. The van der Waals surface area contributed by atoms with Crippen LogP contribution < -0.4 is 15.0 Å². The van der Waals surface area contributed by atoms with E-state index in [-0.39, 0.29) is 17.1 Å². The fourth-order valence-electron chi connectivity index (χ4n) is 2.77. The number of Topliss-reactive ketones (excluding diaryl/α,β-unsaturated/α-hetero) is 1. The summed E-state index contributed by atoms with van der Waals surface area (Å²) in [7, 11) is 3.07. The molecule has 0 aliphatic carbocycles. The van der Waals surface area contributed by atoms with Crippen molar-refractivity contribution in [3.63, 3.8) is 0 Å². The third-order valence-electron chi connectivity index (χ3n) is 4.19. The average Bonchev–Trinajstić information content (AvgIpc) is 3.08. The van der Waals surface area contributed by atoms with Gasteiger partial charge in [-0.2, -0.15) is 0 Å². The summed E-state index contributed by atoms with van der Waals surface area (Å²) in [6.07, 6.45) is 1.65. The number of rotatable bonds is 8. The number of carbonyl (C=O) groups excluding carboxylic acids is 1. The van der Waals surface area contributed by atoms with Gasteiger partial charge in [-0.25, -0.2) is 4.98 Å². The Labute approximate surface area is 170 Å². The zero-order valence-electron chi connectivity index (χ0n) is 15.9. The number of fused-ring (bicyclic) bond motifs is 1. The third kappa shape index (κ3) is 3.83. The fraction of sp³-hybridized carbons (Fsp3) is 0.250. The van der Waals surface area contributed by atoms with Crippen molar-refractivity contribution in [3.05, 3.63) is 57.7 Å². The molecule has 3 rings (SSSR count). The Morgan fingerprint density at radius 3 is 2.75 bits per heavy atom. The molecular weight excluding hydrogens is 396 g/mol. The number of thioether (sulfide) groups is 1. The van der Waals surface area contributed by atoms with Gasteiger partial charge < -0.3 is 9.47 Å². The largest absolute Gasteiger partial charge is 0.493 e. The number of aromatic nitrogens is 2. The van der Waals surface area contributed by atoms with Crippen LogP contribution in [0.5, 0.6) is 11.5 Å². The maximum atomic E-state index is 12.8. The normalized spacial score (nSPS) is 10.8. The number of ketones is 1. The zero-order chi connectivity index (χ0) is 20.3. The molecule has 2 heterocycles. The van der Waals surface area contributed by atoms with Crippen molar-refractivity contribution in [1.82, 2.24) is 9.55 Å².